The number of carbonyl (C=O) groups excluding carboxylic acids is 1. The predicted molar refractivity (Wildman–Crippen MR) is 111 cm³/mol. The van der Waals surface area contributed by atoms with Gasteiger partial charge >= 0.3 is 0 Å². The van der Waals surface area contributed by atoms with Gasteiger partial charge < -0.3 is 19.7 Å². The summed E-state index contributed by atoms with van der Waals surface area (Å²) >= 11 is 0. The minimum atomic E-state index is -0.167. The summed E-state index contributed by atoms with van der Waals surface area (Å²) in [7, 11) is 1.59. The summed E-state index contributed by atoms with van der Waals surface area (Å²) in [5.41, 5.74) is 0.676. The Kier molecular flexibility index (Phi) is 7.69. The van der Waals surface area contributed by atoms with Crippen LogP contribution in [0.15, 0.2) is 48.5 Å². The number of carbonyl (C=O) groups is 1. The Morgan fingerprint density at radius 1 is 1.07 bits per heavy atom. The first-order valence-corrected chi connectivity index (χ1v) is 9.91. The minimum Gasteiger partial charge on any atom is -0.497 e. The van der Waals surface area contributed by atoms with Crippen molar-refractivity contribution in [2.24, 2.45) is 0 Å². The SMILES string of the molecule is COc1cccc(OCC(=O)NCCCN2CCN(c3ccccc3F)CC2)c1. The summed E-state index contributed by atoms with van der Waals surface area (Å²) in [5, 5.41) is 2.88. The number of ether oxygens (including phenoxy) is 2. The maximum atomic E-state index is 13.9. The number of hydrogen-bond acceptors (Lipinski definition) is 5. The fourth-order valence-electron chi connectivity index (χ4n) is 3.34. The van der Waals surface area contributed by atoms with Crippen LogP contribution in [0.2, 0.25) is 0 Å². The van der Waals surface area contributed by atoms with Gasteiger partial charge in [-0.05, 0) is 37.2 Å². The van der Waals surface area contributed by atoms with Crippen molar-refractivity contribution in [2.45, 2.75) is 6.42 Å². The Balaban J connectivity index is 1.29. The lowest BCUT2D eigenvalue weighted by molar-refractivity contribution is -0.123. The van der Waals surface area contributed by atoms with Gasteiger partial charge in [-0.2, -0.15) is 0 Å². The molecule has 0 aliphatic carbocycles. The molecular formula is C22H28FN3O3. The molecule has 0 bridgehead atoms. The van der Waals surface area contributed by atoms with Crippen molar-refractivity contribution < 1.29 is 18.7 Å². The van der Waals surface area contributed by atoms with E-state index < -0.39 is 0 Å². The van der Waals surface area contributed by atoms with Crippen LogP contribution in [-0.2, 0) is 4.79 Å². The van der Waals surface area contributed by atoms with Gasteiger partial charge in [0.25, 0.3) is 5.91 Å². The van der Waals surface area contributed by atoms with E-state index >= 15 is 0 Å². The van der Waals surface area contributed by atoms with Crippen molar-refractivity contribution in [3.05, 3.63) is 54.3 Å². The fourth-order valence-corrected chi connectivity index (χ4v) is 3.34. The van der Waals surface area contributed by atoms with Gasteiger partial charge in [0, 0.05) is 38.8 Å². The van der Waals surface area contributed by atoms with Crippen LogP contribution in [0, 0.1) is 5.82 Å². The van der Waals surface area contributed by atoms with Gasteiger partial charge in [0.05, 0.1) is 12.8 Å². The number of halogens is 1. The van der Waals surface area contributed by atoms with Crippen molar-refractivity contribution in [3.63, 3.8) is 0 Å². The summed E-state index contributed by atoms with van der Waals surface area (Å²) in [6, 6.07) is 14.1. The molecular weight excluding hydrogens is 373 g/mol. The van der Waals surface area contributed by atoms with Crippen LogP contribution in [0.25, 0.3) is 0 Å². The zero-order valence-corrected chi connectivity index (χ0v) is 16.8. The Morgan fingerprint density at radius 2 is 1.83 bits per heavy atom. The van der Waals surface area contributed by atoms with Crippen molar-refractivity contribution in [2.75, 3.05) is 57.9 Å². The Bertz CT molecular complexity index is 794. The zero-order valence-electron chi connectivity index (χ0n) is 16.8. The molecule has 1 aliphatic heterocycles. The minimum absolute atomic E-state index is 0.0194. The molecule has 0 spiro atoms. The lowest BCUT2D eigenvalue weighted by Gasteiger charge is -2.36. The maximum Gasteiger partial charge on any atom is 0.257 e. The first-order valence-electron chi connectivity index (χ1n) is 9.91. The van der Waals surface area contributed by atoms with E-state index in [2.05, 4.69) is 15.1 Å². The molecule has 0 saturated carbocycles. The molecule has 1 aliphatic rings. The van der Waals surface area contributed by atoms with Gasteiger partial charge in [-0.1, -0.05) is 18.2 Å². The Labute approximate surface area is 171 Å². The van der Waals surface area contributed by atoms with Crippen molar-refractivity contribution >= 4 is 11.6 Å². The molecule has 0 atom stereocenters. The Morgan fingerprint density at radius 3 is 2.59 bits per heavy atom. The molecule has 29 heavy (non-hydrogen) atoms. The second kappa shape index (κ2) is 10.7. The second-order valence-electron chi connectivity index (χ2n) is 6.95. The van der Waals surface area contributed by atoms with Crippen LogP contribution in [0.5, 0.6) is 11.5 Å². The first kappa shape index (κ1) is 20.9. The van der Waals surface area contributed by atoms with Gasteiger partial charge in [-0.3, -0.25) is 9.69 Å². The molecule has 0 aromatic heterocycles. The number of para-hydroxylation sites is 1. The van der Waals surface area contributed by atoms with E-state index in [4.69, 9.17) is 9.47 Å². The molecule has 3 rings (SSSR count). The number of hydrogen-bond donors (Lipinski definition) is 1. The Hall–Kier alpha value is -2.80. The number of benzene rings is 2. The highest BCUT2D eigenvalue weighted by molar-refractivity contribution is 5.77. The third-order valence-corrected chi connectivity index (χ3v) is 4.95. The molecule has 156 valence electrons. The number of methoxy groups -OCH3 is 1. The smallest absolute Gasteiger partial charge is 0.257 e. The molecule has 2 aromatic rings. The van der Waals surface area contributed by atoms with Crippen LogP contribution >= 0.6 is 0 Å². The van der Waals surface area contributed by atoms with Crippen molar-refractivity contribution in [1.29, 1.82) is 0 Å². The average molecular weight is 401 g/mol. The molecule has 2 aromatic carbocycles. The van der Waals surface area contributed by atoms with E-state index in [1.165, 1.54) is 6.07 Å². The molecule has 1 N–H and O–H groups in total. The van der Waals surface area contributed by atoms with E-state index in [1.54, 1.807) is 25.3 Å². The summed E-state index contributed by atoms with van der Waals surface area (Å²) in [6.45, 7) is 4.89. The highest BCUT2D eigenvalue weighted by atomic mass is 19.1. The fraction of sp³-hybridized carbons (Fsp3) is 0.409. The standard InChI is InChI=1S/C22H28FN3O3/c1-28-18-6-4-7-19(16-18)29-17-22(27)24-10-5-11-25-12-14-26(15-13-25)21-9-3-2-8-20(21)23/h2-4,6-9,16H,5,10-15,17H2,1H3,(H,24,27). The number of amides is 1. The summed E-state index contributed by atoms with van der Waals surface area (Å²) in [5.74, 6) is 0.988. The largest absolute Gasteiger partial charge is 0.497 e. The summed E-state index contributed by atoms with van der Waals surface area (Å²) < 4.78 is 24.5. The highest BCUT2D eigenvalue weighted by Crippen LogP contribution is 2.20. The highest BCUT2D eigenvalue weighted by Gasteiger charge is 2.18. The molecule has 0 radical (unpaired) electrons. The van der Waals surface area contributed by atoms with Crippen LogP contribution in [-0.4, -0.2) is 63.8 Å². The number of nitrogens with one attached hydrogen (secondary N) is 1. The molecule has 0 unspecified atom stereocenters. The normalized spacial score (nSPS) is 14.5. The molecule has 1 fully saturated rings. The number of rotatable bonds is 9. The number of nitrogens with zero attached hydrogens (tertiary/aromatic N) is 2. The van der Waals surface area contributed by atoms with Crippen LogP contribution < -0.4 is 19.7 Å². The van der Waals surface area contributed by atoms with E-state index in [1.807, 2.05) is 24.3 Å². The lowest BCUT2D eigenvalue weighted by Crippen LogP contribution is -2.47. The molecule has 6 nitrogen and oxygen atoms in total. The van der Waals surface area contributed by atoms with Gasteiger partial charge in [-0.15, -0.1) is 0 Å². The van der Waals surface area contributed by atoms with Crippen LogP contribution in [0.3, 0.4) is 0 Å². The van der Waals surface area contributed by atoms with Gasteiger partial charge in [-0.25, -0.2) is 4.39 Å². The molecule has 1 amide bonds. The first-order chi connectivity index (χ1) is 14.2. The number of piperazine rings is 1. The van der Waals surface area contributed by atoms with Crippen LogP contribution in [0.4, 0.5) is 10.1 Å². The third-order valence-electron chi connectivity index (χ3n) is 4.95. The van der Waals surface area contributed by atoms with Crippen LogP contribution in [0.1, 0.15) is 6.42 Å². The van der Waals surface area contributed by atoms with Crippen molar-refractivity contribution in [1.82, 2.24) is 10.2 Å². The van der Waals surface area contributed by atoms with E-state index in [9.17, 15) is 9.18 Å². The van der Waals surface area contributed by atoms with Crippen molar-refractivity contribution in [3.8, 4) is 11.5 Å². The van der Waals surface area contributed by atoms with Gasteiger partial charge in [0.15, 0.2) is 6.61 Å². The number of anilines is 1. The summed E-state index contributed by atoms with van der Waals surface area (Å²) in [4.78, 5) is 16.4. The molecule has 1 saturated heterocycles. The monoisotopic (exact) mass is 401 g/mol. The van der Waals surface area contributed by atoms with Gasteiger partial charge in [0.1, 0.15) is 17.3 Å². The topological polar surface area (TPSA) is 54.0 Å². The predicted octanol–water partition coefficient (Wildman–Crippen LogP) is 2.54. The summed E-state index contributed by atoms with van der Waals surface area (Å²) in [6.07, 6.45) is 0.866. The maximum absolute atomic E-state index is 13.9. The lowest BCUT2D eigenvalue weighted by atomic mass is 10.2. The third kappa shape index (κ3) is 6.35. The average Bonchev–Trinajstić information content (AvgIpc) is 2.76. The molecule has 7 heteroatoms. The van der Waals surface area contributed by atoms with E-state index in [-0.39, 0.29) is 18.3 Å². The zero-order chi connectivity index (χ0) is 20.5. The van der Waals surface area contributed by atoms with E-state index in [0.717, 1.165) is 39.1 Å². The molecule has 1 heterocycles. The second-order valence-corrected chi connectivity index (χ2v) is 6.95. The quantitative estimate of drug-likeness (QED) is 0.655. The van der Waals surface area contributed by atoms with E-state index in [0.29, 0.717) is 23.7 Å². The van der Waals surface area contributed by atoms with Gasteiger partial charge in [0.2, 0.25) is 0 Å².